The number of carbonyl (C=O) groups is 1. The van der Waals surface area contributed by atoms with E-state index < -0.39 is 0 Å². The Balaban J connectivity index is 1.49. The summed E-state index contributed by atoms with van der Waals surface area (Å²) in [6, 6.07) is 1.74. The summed E-state index contributed by atoms with van der Waals surface area (Å²) >= 11 is 0. The Labute approximate surface area is 119 Å². The molecular weight excluding hydrogens is 254 g/mol. The number of rotatable bonds is 3. The third-order valence-electron chi connectivity index (χ3n) is 4.64. The highest BCUT2D eigenvalue weighted by molar-refractivity contribution is 5.91. The van der Waals surface area contributed by atoms with Crippen LogP contribution in [0, 0.1) is 18.8 Å². The molecular formula is C15H23N3O2. The van der Waals surface area contributed by atoms with Gasteiger partial charge in [0, 0.05) is 12.6 Å². The Morgan fingerprint density at radius 2 is 2.20 bits per heavy atom. The number of fused-ring (bicyclic) bond motifs is 1. The zero-order valence-electron chi connectivity index (χ0n) is 12.1. The van der Waals surface area contributed by atoms with Gasteiger partial charge in [0.15, 0.2) is 5.82 Å². The van der Waals surface area contributed by atoms with Gasteiger partial charge in [-0.3, -0.25) is 9.69 Å². The van der Waals surface area contributed by atoms with Crippen molar-refractivity contribution in [3.05, 3.63) is 11.8 Å². The third-order valence-corrected chi connectivity index (χ3v) is 4.64. The van der Waals surface area contributed by atoms with Gasteiger partial charge in [0.1, 0.15) is 5.76 Å². The van der Waals surface area contributed by atoms with Crippen molar-refractivity contribution in [1.82, 2.24) is 10.1 Å². The fourth-order valence-electron chi connectivity index (χ4n) is 3.63. The topological polar surface area (TPSA) is 58.4 Å². The quantitative estimate of drug-likeness (QED) is 0.922. The van der Waals surface area contributed by atoms with Crippen molar-refractivity contribution in [3.8, 4) is 0 Å². The molecule has 0 radical (unpaired) electrons. The Hall–Kier alpha value is -1.36. The number of anilines is 1. The predicted molar refractivity (Wildman–Crippen MR) is 76.4 cm³/mol. The first-order valence-corrected chi connectivity index (χ1v) is 7.66. The molecule has 1 aliphatic heterocycles. The van der Waals surface area contributed by atoms with Gasteiger partial charge in [-0.15, -0.1) is 0 Å². The first kappa shape index (κ1) is 13.6. The molecule has 0 spiro atoms. The van der Waals surface area contributed by atoms with Gasteiger partial charge in [0.2, 0.25) is 5.91 Å². The van der Waals surface area contributed by atoms with Crippen LogP contribution in [0.2, 0.25) is 0 Å². The normalized spacial score (nSPS) is 27.1. The van der Waals surface area contributed by atoms with Gasteiger partial charge in [0.05, 0.1) is 6.54 Å². The Bertz CT molecular complexity index is 471. The van der Waals surface area contributed by atoms with E-state index in [1.165, 1.54) is 32.1 Å². The van der Waals surface area contributed by atoms with Crippen molar-refractivity contribution in [2.75, 3.05) is 25.0 Å². The molecule has 110 valence electrons. The van der Waals surface area contributed by atoms with Crippen molar-refractivity contribution in [2.45, 2.75) is 39.0 Å². The second-order valence-corrected chi connectivity index (χ2v) is 6.20. The maximum atomic E-state index is 12.0. The molecule has 1 aliphatic carbocycles. The minimum absolute atomic E-state index is 0.00700. The molecule has 2 heterocycles. The summed E-state index contributed by atoms with van der Waals surface area (Å²) in [5.41, 5.74) is 0. The minimum Gasteiger partial charge on any atom is -0.360 e. The molecule has 1 N–H and O–H groups in total. The van der Waals surface area contributed by atoms with Gasteiger partial charge in [-0.1, -0.05) is 24.4 Å². The number of amides is 1. The first-order chi connectivity index (χ1) is 9.70. The molecule has 5 nitrogen and oxygen atoms in total. The lowest BCUT2D eigenvalue weighted by molar-refractivity contribution is -0.118. The molecule has 1 aromatic rings. The number of carbonyl (C=O) groups excluding carboxylic acids is 1. The van der Waals surface area contributed by atoms with Crippen molar-refractivity contribution < 1.29 is 9.32 Å². The van der Waals surface area contributed by atoms with Crippen LogP contribution in [0.15, 0.2) is 10.6 Å². The largest absolute Gasteiger partial charge is 0.360 e. The van der Waals surface area contributed by atoms with Crippen molar-refractivity contribution in [1.29, 1.82) is 0 Å². The maximum Gasteiger partial charge on any atom is 0.239 e. The Morgan fingerprint density at radius 1 is 1.40 bits per heavy atom. The number of aryl methyl sites for hydroxylation is 1. The lowest BCUT2D eigenvalue weighted by atomic mass is 9.75. The van der Waals surface area contributed by atoms with Crippen LogP contribution in [0.1, 0.15) is 37.9 Å². The number of nitrogens with one attached hydrogen (secondary N) is 1. The predicted octanol–water partition coefficient (Wildman–Crippen LogP) is 2.43. The number of piperidine rings is 1. The zero-order chi connectivity index (χ0) is 13.9. The van der Waals surface area contributed by atoms with E-state index in [9.17, 15) is 4.79 Å². The van der Waals surface area contributed by atoms with Crippen LogP contribution in [0.4, 0.5) is 5.82 Å². The molecule has 3 rings (SSSR count). The van der Waals surface area contributed by atoms with Crippen molar-refractivity contribution in [2.24, 2.45) is 11.8 Å². The van der Waals surface area contributed by atoms with Gasteiger partial charge in [-0.2, -0.15) is 0 Å². The molecule has 5 heteroatoms. The summed E-state index contributed by atoms with van der Waals surface area (Å²) in [5, 5.41) is 6.59. The van der Waals surface area contributed by atoms with E-state index in [-0.39, 0.29) is 5.91 Å². The van der Waals surface area contributed by atoms with E-state index in [0.29, 0.717) is 18.1 Å². The molecule has 0 unspecified atom stereocenters. The Morgan fingerprint density at radius 3 is 2.95 bits per heavy atom. The monoisotopic (exact) mass is 277 g/mol. The average Bonchev–Trinajstić information content (AvgIpc) is 2.83. The highest BCUT2D eigenvalue weighted by Gasteiger charge is 2.31. The second-order valence-electron chi connectivity index (χ2n) is 6.20. The Kier molecular flexibility index (Phi) is 4.05. The second kappa shape index (κ2) is 5.95. The average molecular weight is 277 g/mol. The molecule has 1 amide bonds. The van der Waals surface area contributed by atoms with Crippen LogP contribution in [0.5, 0.6) is 0 Å². The molecule has 0 aromatic carbocycles. The highest BCUT2D eigenvalue weighted by Crippen LogP contribution is 2.35. The molecule has 2 atom stereocenters. The van der Waals surface area contributed by atoms with E-state index in [2.05, 4.69) is 15.4 Å². The van der Waals surface area contributed by atoms with Crippen LogP contribution < -0.4 is 5.32 Å². The summed E-state index contributed by atoms with van der Waals surface area (Å²) in [7, 11) is 0. The van der Waals surface area contributed by atoms with Crippen molar-refractivity contribution in [3.63, 3.8) is 0 Å². The first-order valence-electron chi connectivity index (χ1n) is 7.66. The van der Waals surface area contributed by atoms with E-state index in [0.717, 1.165) is 24.9 Å². The third kappa shape index (κ3) is 3.20. The standard InChI is InChI=1S/C15H23N3O2/c1-11-8-14(17-20-11)16-15(19)10-18-7-6-12-4-2-3-5-13(12)9-18/h8,12-13H,2-7,9-10H2,1H3,(H,16,17,19)/t12-,13-/m0/s1. The van der Waals surface area contributed by atoms with E-state index >= 15 is 0 Å². The van der Waals surface area contributed by atoms with Crippen LogP contribution >= 0.6 is 0 Å². The molecule has 1 saturated carbocycles. The number of likely N-dealkylation sites (tertiary alicyclic amines) is 1. The summed E-state index contributed by atoms with van der Waals surface area (Å²) in [5.74, 6) is 2.94. The van der Waals surface area contributed by atoms with Crippen LogP contribution in [0.25, 0.3) is 0 Å². The SMILES string of the molecule is Cc1cc(NC(=O)CN2CC[C@@H]3CCCC[C@H]3C2)no1. The fraction of sp³-hybridized carbons (Fsp3) is 0.733. The number of nitrogens with zero attached hydrogens (tertiary/aromatic N) is 2. The summed E-state index contributed by atoms with van der Waals surface area (Å²) in [6.07, 6.45) is 6.74. The van der Waals surface area contributed by atoms with E-state index in [1.54, 1.807) is 6.07 Å². The van der Waals surface area contributed by atoms with E-state index in [1.807, 2.05) is 6.92 Å². The molecule has 2 fully saturated rings. The number of aromatic nitrogens is 1. The van der Waals surface area contributed by atoms with Gasteiger partial charge < -0.3 is 9.84 Å². The van der Waals surface area contributed by atoms with E-state index in [4.69, 9.17) is 4.52 Å². The minimum atomic E-state index is 0.00700. The maximum absolute atomic E-state index is 12.0. The molecule has 0 bridgehead atoms. The zero-order valence-corrected chi connectivity index (χ0v) is 12.1. The summed E-state index contributed by atoms with van der Waals surface area (Å²) in [4.78, 5) is 14.3. The lowest BCUT2D eigenvalue weighted by Crippen LogP contribution is -2.44. The summed E-state index contributed by atoms with van der Waals surface area (Å²) < 4.78 is 4.95. The fourth-order valence-corrected chi connectivity index (χ4v) is 3.63. The van der Waals surface area contributed by atoms with Crippen molar-refractivity contribution >= 4 is 11.7 Å². The van der Waals surface area contributed by atoms with Crippen LogP contribution in [-0.4, -0.2) is 35.6 Å². The van der Waals surface area contributed by atoms with Gasteiger partial charge in [-0.25, -0.2) is 0 Å². The number of hydrogen-bond donors (Lipinski definition) is 1. The molecule has 1 saturated heterocycles. The lowest BCUT2D eigenvalue weighted by Gasteiger charge is -2.41. The number of hydrogen-bond acceptors (Lipinski definition) is 4. The molecule has 1 aromatic heterocycles. The van der Waals surface area contributed by atoms with Gasteiger partial charge in [-0.05, 0) is 38.1 Å². The van der Waals surface area contributed by atoms with Crippen LogP contribution in [0.3, 0.4) is 0 Å². The highest BCUT2D eigenvalue weighted by atomic mass is 16.5. The van der Waals surface area contributed by atoms with Gasteiger partial charge >= 0.3 is 0 Å². The smallest absolute Gasteiger partial charge is 0.239 e. The summed E-state index contributed by atoms with van der Waals surface area (Å²) in [6.45, 7) is 4.41. The molecule has 2 aliphatic rings. The van der Waals surface area contributed by atoms with Gasteiger partial charge in [0.25, 0.3) is 0 Å². The van der Waals surface area contributed by atoms with Crippen LogP contribution in [-0.2, 0) is 4.79 Å². The molecule has 20 heavy (non-hydrogen) atoms.